The number of piperidine rings is 1. The van der Waals surface area contributed by atoms with Gasteiger partial charge in [-0.25, -0.2) is 4.98 Å². The first-order valence-corrected chi connectivity index (χ1v) is 8.47. The van der Waals surface area contributed by atoms with Gasteiger partial charge in [-0.2, -0.15) is 0 Å². The summed E-state index contributed by atoms with van der Waals surface area (Å²) >= 11 is 0. The van der Waals surface area contributed by atoms with Crippen LogP contribution in [0.1, 0.15) is 18.4 Å². The van der Waals surface area contributed by atoms with Crippen molar-refractivity contribution in [1.29, 1.82) is 0 Å². The lowest BCUT2D eigenvalue weighted by Crippen LogP contribution is -2.38. The van der Waals surface area contributed by atoms with Crippen LogP contribution in [0.25, 0.3) is 6.08 Å². The minimum atomic E-state index is 0.0846. The van der Waals surface area contributed by atoms with Gasteiger partial charge in [-0.05, 0) is 43.6 Å². The van der Waals surface area contributed by atoms with Gasteiger partial charge in [0.05, 0.1) is 0 Å². The van der Waals surface area contributed by atoms with Crippen LogP contribution < -0.4 is 5.32 Å². The van der Waals surface area contributed by atoms with Gasteiger partial charge in [0, 0.05) is 18.7 Å². The molecule has 4 heteroatoms. The van der Waals surface area contributed by atoms with Gasteiger partial charge < -0.3 is 5.32 Å². The standard InChI is InChI=1S/C20H23N3O/c24-20(22-19-10-4-5-13-21-19)18-11-15-23(16-12-18)14-6-9-17-7-2-1-3-8-17/h1-10,13,18H,11-12,14-16H2,(H,21,22,24)/b9-6+. The largest absolute Gasteiger partial charge is 0.310 e. The lowest BCUT2D eigenvalue weighted by molar-refractivity contribution is -0.121. The Hall–Kier alpha value is -2.46. The van der Waals surface area contributed by atoms with Crippen LogP contribution in [0.2, 0.25) is 0 Å². The Balaban J connectivity index is 1.42. The molecule has 1 N–H and O–H groups in total. The van der Waals surface area contributed by atoms with E-state index in [1.807, 2.05) is 36.4 Å². The summed E-state index contributed by atoms with van der Waals surface area (Å²) in [6.07, 6.45) is 7.84. The molecule has 3 rings (SSSR count). The Morgan fingerprint density at radius 3 is 2.58 bits per heavy atom. The molecule has 1 aromatic heterocycles. The number of aromatic nitrogens is 1. The molecule has 1 aromatic carbocycles. The highest BCUT2D eigenvalue weighted by Gasteiger charge is 2.24. The number of nitrogens with zero attached hydrogens (tertiary/aromatic N) is 2. The average Bonchev–Trinajstić information content (AvgIpc) is 2.64. The number of hydrogen-bond acceptors (Lipinski definition) is 3. The van der Waals surface area contributed by atoms with Crippen molar-refractivity contribution in [2.24, 2.45) is 5.92 Å². The van der Waals surface area contributed by atoms with Crippen molar-refractivity contribution in [2.75, 3.05) is 25.0 Å². The number of rotatable bonds is 5. The van der Waals surface area contributed by atoms with E-state index in [2.05, 4.69) is 39.5 Å². The predicted octanol–water partition coefficient (Wildman–Crippen LogP) is 3.45. The molecular weight excluding hydrogens is 298 g/mol. The lowest BCUT2D eigenvalue weighted by atomic mass is 9.96. The quantitative estimate of drug-likeness (QED) is 0.917. The van der Waals surface area contributed by atoms with Gasteiger partial charge >= 0.3 is 0 Å². The highest BCUT2D eigenvalue weighted by molar-refractivity contribution is 5.91. The third-order valence-electron chi connectivity index (χ3n) is 4.35. The zero-order chi connectivity index (χ0) is 16.6. The topological polar surface area (TPSA) is 45.2 Å². The molecule has 0 spiro atoms. The maximum atomic E-state index is 12.3. The number of amides is 1. The van der Waals surface area contributed by atoms with E-state index in [9.17, 15) is 4.79 Å². The summed E-state index contributed by atoms with van der Waals surface area (Å²) in [4.78, 5) is 18.8. The number of pyridine rings is 1. The van der Waals surface area contributed by atoms with Gasteiger partial charge in [0.25, 0.3) is 0 Å². The molecule has 2 heterocycles. The highest BCUT2D eigenvalue weighted by Crippen LogP contribution is 2.19. The predicted molar refractivity (Wildman–Crippen MR) is 97.5 cm³/mol. The molecule has 124 valence electrons. The van der Waals surface area contributed by atoms with E-state index in [-0.39, 0.29) is 11.8 Å². The summed E-state index contributed by atoms with van der Waals surface area (Å²) in [7, 11) is 0. The third-order valence-corrected chi connectivity index (χ3v) is 4.35. The molecule has 0 bridgehead atoms. The summed E-state index contributed by atoms with van der Waals surface area (Å²) in [6.45, 7) is 2.85. The molecule has 1 amide bonds. The summed E-state index contributed by atoms with van der Waals surface area (Å²) in [5.74, 6) is 0.810. The average molecular weight is 321 g/mol. The first-order chi connectivity index (χ1) is 11.8. The van der Waals surface area contributed by atoms with E-state index in [0.717, 1.165) is 32.5 Å². The van der Waals surface area contributed by atoms with Crippen molar-refractivity contribution in [1.82, 2.24) is 9.88 Å². The number of hydrogen-bond donors (Lipinski definition) is 1. The minimum Gasteiger partial charge on any atom is -0.310 e. The molecule has 1 fully saturated rings. The highest BCUT2D eigenvalue weighted by atomic mass is 16.1. The monoisotopic (exact) mass is 321 g/mol. The fourth-order valence-corrected chi connectivity index (χ4v) is 2.94. The van der Waals surface area contributed by atoms with Crippen LogP contribution in [0.4, 0.5) is 5.82 Å². The Morgan fingerprint density at radius 1 is 1.12 bits per heavy atom. The Bertz CT molecular complexity index is 662. The van der Waals surface area contributed by atoms with Crippen LogP contribution in [0.5, 0.6) is 0 Å². The molecule has 2 aromatic rings. The maximum absolute atomic E-state index is 12.3. The van der Waals surface area contributed by atoms with Crippen LogP contribution in [-0.2, 0) is 4.79 Å². The molecule has 0 unspecified atom stereocenters. The molecular formula is C20H23N3O. The van der Waals surface area contributed by atoms with Gasteiger partial charge in [0.15, 0.2) is 0 Å². The molecule has 1 aliphatic rings. The minimum absolute atomic E-state index is 0.0846. The van der Waals surface area contributed by atoms with Crippen LogP contribution in [0, 0.1) is 5.92 Å². The summed E-state index contributed by atoms with van der Waals surface area (Å²) in [5.41, 5.74) is 1.22. The van der Waals surface area contributed by atoms with E-state index >= 15 is 0 Å². The van der Waals surface area contributed by atoms with Gasteiger partial charge in [-0.3, -0.25) is 9.69 Å². The van der Waals surface area contributed by atoms with Gasteiger partial charge in [0.2, 0.25) is 5.91 Å². The molecule has 1 aliphatic heterocycles. The van der Waals surface area contributed by atoms with E-state index in [1.165, 1.54) is 5.56 Å². The van der Waals surface area contributed by atoms with Crippen molar-refractivity contribution in [3.63, 3.8) is 0 Å². The normalized spacial score (nSPS) is 16.3. The second kappa shape index (κ2) is 8.41. The van der Waals surface area contributed by atoms with Gasteiger partial charge in [-0.1, -0.05) is 48.6 Å². The summed E-state index contributed by atoms with van der Waals surface area (Å²) in [6, 6.07) is 15.9. The first kappa shape index (κ1) is 16.4. The van der Waals surface area contributed by atoms with Crippen LogP contribution >= 0.6 is 0 Å². The van der Waals surface area contributed by atoms with E-state index in [1.54, 1.807) is 6.20 Å². The molecule has 4 nitrogen and oxygen atoms in total. The zero-order valence-corrected chi connectivity index (χ0v) is 13.8. The molecule has 0 aliphatic carbocycles. The van der Waals surface area contributed by atoms with Crippen molar-refractivity contribution in [2.45, 2.75) is 12.8 Å². The number of nitrogens with one attached hydrogen (secondary N) is 1. The van der Waals surface area contributed by atoms with E-state index in [4.69, 9.17) is 0 Å². The molecule has 0 saturated carbocycles. The summed E-state index contributed by atoms with van der Waals surface area (Å²) in [5, 5.41) is 2.91. The molecule has 1 saturated heterocycles. The second-order valence-electron chi connectivity index (χ2n) is 6.09. The lowest BCUT2D eigenvalue weighted by Gasteiger charge is -2.30. The first-order valence-electron chi connectivity index (χ1n) is 8.47. The smallest absolute Gasteiger partial charge is 0.228 e. The number of carbonyl (C=O) groups is 1. The number of anilines is 1. The van der Waals surface area contributed by atoms with Crippen molar-refractivity contribution in [3.05, 3.63) is 66.4 Å². The van der Waals surface area contributed by atoms with Crippen molar-refractivity contribution < 1.29 is 4.79 Å². The van der Waals surface area contributed by atoms with Crippen LogP contribution in [-0.4, -0.2) is 35.4 Å². The molecule has 24 heavy (non-hydrogen) atoms. The zero-order valence-electron chi connectivity index (χ0n) is 13.8. The Labute approximate surface area is 143 Å². The SMILES string of the molecule is O=C(Nc1ccccn1)C1CCN(C/C=C/c2ccccc2)CC1. The Morgan fingerprint density at radius 2 is 1.88 bits per heavy atom. The second-order valence-corrected chi connectivity index (χ2v) is 6.09. The van der Waals surface area contributed by atoms with Crippen LogP contribution in [0.15, 0.2) is 60.8 Å². The van der Waals surface area contributed by atoms with Crippen molar-refractivity contribution >= 4 is 17.8 Å². The van der Waals surface area contributed by atoms with Gasteiger partial charge in [-0.15, -0.1) is 0 Å². The number of benzene rings is 1. The summed E-state index contributed by atoms with van der Waals surface area (Å²) < 4.78 is 0. The third kappa shape index (κ3) is 4.77. The van der Waals surface area contributed by atoms with E-state index < -0.39 is 0 Å². The fourth-order valence-electron chi connectivity index (χ4n) is 2.94. The Kier molecular flexibility index (Phi) is 5.75. The fraction of sp³-hybridized carbons (Fsp3) is 0.300. The van der Waals surface area contributed by atoms with E-state index in [0.29, 0.717) is 5.82 Å². The maximum Gasteiger partial charge on any atom is 0.228 e. The number of likely N-dealkylation sites (tertiary alicyclic amines) is 1. The van der Waals surface area contributed by atoms with Crippen LogP contribution in [0.3, 0.4) is 0 Å². The molecule has 0 radical (unpaired) electrons. The van der Waals surface area contributed by atoms with Gasteiger partial charge in [0.1, 0.15) is 5.82 Å². The van der Waals surface area contributed by atoms with Crippen molar-refractivity contribution in [3.8, 4) is 0 Å². The number of carbonyl (C=O) groups excluding carboxylic acids is 1. The molecule has 0 atom stereocenters.